The van der Waals surface area contributed by atoms with Crippen LogP contribution in [0.3, 0.4) is 0 Å². The first-order valence-electron chi connectivity index (χ1n) is 25.4. The summed E-state index contributed by atoms with van der Waals surface area (Å²) in [5.74, 6) is -1.63. The Hall–Kier alpha value is -4.18. The Morgan fingerprint density at radius 3 is 2.47 bits per heavy atom. The number of nitrogens with zero attached hydrogens (tertiary/aromatic N) is 2. The Labute approximate surface area is 399 Å². The van der Waals surface area contributed by atoms with Crippen molar-refractivity contribution < 1.29 is 52.8 Å². The molecule has 2 bridgehead atoms. The molecule has 12 atom stereocenters. The first kappa shape index (κ1) is 46.2. The third kappa shape index (κ3) is 8.02. The van der Waals surface area contributed by atoms with Gasteiger partial charge in [-0.15, -0.1) is 0 Å². The SMILES string of the molecule is CC(C)(C)OC(=O)CC[C@@H](CO)NC(=O)[C@H]1CCCN1C(=O)[C@@]12C[C@H]3OC(=O)[C@@H]1N(Cc1cccc(C=C4CCC5O[C@]5(C)CC[C@@H]5[C@@H]4CC5(C)C)c1)O[C@@H]2[C@H]1OC2(Cc4ccccc4C2)O[C@H]13. The van der Waals surface area contributed by atoms with Crippen molar-refractivity contribution in [2.24, 2.45) is 22.7 Å². The molecule has 4 aliphatic carbocycles. The van der Waals surface area contributed by atoms with Gasteiger partial charge in [0, 0.05) is 32.2 Å². The highest BCUT2D eigenvalue weighted by Crippen LogP contribution is 2.61. The predicted molar refractivity (Wildman–Crippen MR) is 248 cm³/mol. The molecule has 14 nitrogen and oxygen atoms in total. The summed E-state index contributed by atoms with van der Waals surface area (Å²) in [7, 11) is 0. The van der Waals surface area contributed by atoms with E-state index < -0.39 is 83.8 Å². The molecule has 0 aromatic heterocycles. The lowest BCUT2D eigenvalue weighted by atomic mass is 9.52. The van der Waals surface area contributed by atoms with Crippen LogP contribution in [-0.4, -0.2) is 118 Å². The summed E-state index contributed by atoms with van der Waals surface area (Å²) in [6.45, 7) is 12.6. The number of esters is 2. The molecule has 14 heteroatoms. The van der Waals surface area contributed by atoms with E-state index in [4.69, 9.17) is 28.5 Å². The van der Waals surface area contributed by atoms with Gasteiger partial charge < -0.3 is 39.0 Å². The molecule has 1 unspecified atom stereocenters. The Bertz CT molecular complexity index is 2370. The summed E-state index contributed by atoms with van der Waals surface area (Å²) in [6.07, 6.45) is 7.35. The number of epoxide rings is 1. The number of ether oxygens (including phenoxy) is 5. The number of carbonyl (C=O) groups is 4. The molecule has 5 aliphatic heterocycles. The van der Waals surface area contributed by atoms with Crippen molar-refractivity contribution in [2.75, 3.05) is 13.2 Å². The Balaban J connectivity index is 0.883. The number of hydroxylamine groups is 2. The molecular formula is C54H69N3O11. The van der Waals surface area contributed by atoms with Gasteiger partial charge >= 0.3 is 11.9 Å². The summed E-state index contributed by atoms with van der Waals surface area (Å²) >= 11 is 0. The maximum Gasteiger partial charge on any atom is 0.327 e. The Morgan fingerprint density at radius 1 is 0.971 bits per heavy atom. The molecule has 2 aromatic carbocycles. The summed E-state index contributed by atoms with van der Waals surface area (Å²) in [5, 5.41) is 14.9. The molecule has 3 saturated carbocycles. The van der Waals surface area contributed by atoms with Gasteiger partial charge in [0.15, 0.2) is 11.8 Å². The molecule has 5 saturated heterocycles. The zero-order valence-electron chi connectivity index (χ0n) is 40.5. The highest BCUT2D eigenvalue weighted by Gasteiger charge is 2.77. The average molecular weight is 936 g/mol. The zero-order valence-corrected chi connectivity index (χ0v) is 40.5. The quantitative estimate of drug-likeness (QED) is 0.207. The number of fused-ring (bicyclic) bond motifs is 7. The number of hydrogen-bond acceptors (Lipinski definition) is 12. The van der Waals surface area contributed by atoms with E-state index in [0.29, 0.717) is 55.6 Å². The molecule has 2 N–H and O–H groups in total. The Morgan fingerprint density at radius 2 is 1.74 bits per heavy atom. The smallest absolute Gasteiger partial charge is 0.327 e. The van der Waals surface area contributed by atoms with E-state index in [9.17, 15) is 19.5 Å². The van der Waals surface area contributed by atoms with Gasteiger partial charge in [0.25, 0.3) is 0 Å². The molecule has 2 aromatic rings. The summed E-state index contributed by atoms with van der Waals surface area (Å²) in [6, 6.07) is 13.8. The first-order chi connectivity index (χ1) is 32.4. The minimum absolute atomic E-state index is 0.00538. The number of aliphatic hydroxyl groups is 1. The average Bonchev–Trinajstić information content (AvgIpc) is 3.80. The van der Waals surface area contributed by atoms with Gasteiger partial charge in [-0.25, -0.2) is 0 Å². The monoisotopic (exact) mass is 935 g/mol. The maximum atomic E-state index is 15.7. The number of amides is 2. The third-order valence-electron chi connectivity index (χ3n) is 17.2. The van der Waals surface area contributed by atoms with Crippen molar-refractivity contribution in [1.29, 1.82) is 0 Å². The number of rotatable bonds is 10. The fraction of sp³-hybridized carbons (Fsp3) is 0.667. The molecule has 5 heterocycles. The highest BCUT2D eigenvalue weighted by atomic mass is 16.8. The summed E-state index contributed by atoms with van der Waals surface area (Å²) in [5.41, 5.74) is 3.91. The van der Waals surface area contributed by atoms with Crippen LogP contribution in [0, 0.1) is 22.7 Å². The van der Waals surface area contributed by atoms with E-state index in [-0.39, 0.29) is 37.3 Å². The Kier molecular flexibility index (Phi) is 11.4. The number of hydrogen-bond donors (Lipinski definition) is 2. The molecular weight excluding hydrogens is 867 g/mol. The number of benzene rings is 2. The van der Waals surface area contributed by atoms with E-state index >= 15 is 4.79 Å². The van der Waals surface area contributed by atoms with Crippen LogP contribution in [0.2, 0.25) is 0 Å². The maximum absolute atomic E-state index is 15.7. The second-order valence-electron chi connectivity index (χ2n) is 23.5. The van der Waals surface area contributed by atoms with Crippen molar-refractivity contribution in [3.63, 3.8) is 0 Å². The summed E-state index contributed by atoms with van der Waals surface area (Å²) in [4.78, 5) is 65.8. The molecule has 9 aliphatic rings. The van der Waals surface area contributed by atoms with E-state index in [1.54, 1.807) is 30.7 Å². The van der Waals surface area contributed by atoms with Crippen molar-refractivity contribution in [1.82, 2.24) is 15.3 Å². The predicted octanol–water partition coefficient (Wildman–Crippen LogP) is 6.13. The van der Waals surface area contributed by atoms with Crippen LogP contribution in [0.1, 0.15) is 128 Å². The lowest BCUT2D eigenvalue weighted by Crippen LogP contribution is -2.70. The van der Waals surface area contributed by atoms with Gasteiger partial charge in [0.2, 0.25) is 11.8 Å². The molecule has 8 fully saturated rings. The van der Waals surface area contributed by atoms with E-state index in [0.717, 1.165) is 41.5 Å². The zero-order chi connectivity index (χ0) is 47.5. The number of nitrogens with one attached hydrogen (secondary N) is 1. The normalized spacial score (nSPS) is 37.1. The standard InChI is InChI=1S/C54H69N3O11/c1-50(2,3)65-42(59)19-17-36(30-58)55-47(60)39-15-10-22-56(39)49(62)54-28-40-43-44(67-53(66-43)25-34-13-7-8-14-35(34)26-53)46(54)68-57(45(54)48(61)63-40)29-32-12-9-11-31(23-32)24-33-16-18-41-52(6,64-41)21-20-38-37(33)27-51(38,4)5/h7-9,11-14,23-24,36-41,43-46,58H,10,15-22,25-30H2,1-6H3,(H,55,60)/t36-,37+,38+,39+,40+,41?,43-,44-,45-,46+,52+,54-/m0/s1. The molecule has 1 spiro atoms. The van der Waals surface area contributed by atoms with Gasteiger partial charge in [-0.05, 0) is 119 Å². The molecule has 11 rings (SSSR count). The van der Waals surface area contributed by atoms with E-state index in [2.05, 4.69) is 56.4 Å². The van der Waals surface area contributed by atoms with Gasteiger partial charge in [0.05, 0.1) is 30.9 Å². The van der Waals surface area contributed by atoms with Crippen LogP contribution in [0.4, 0.5) is 0 Å². The number of aliphatic hydroxyl groups excluding tert-OH is 1. The van der Waals surface area contributed by atoms with Gasteiger partial charge in [-0.3, -0.25) is 24.0 Å². The number of carbonyl (C=O) groups excluding carboxylic acids is 4. The van der Waals surface area contributed by atoms with Gasteiger partial charge in [0.1, 0.15) is 41.5 Å². The van der Waals surface area contributed by atoms with Crippen LogP contribution < -0.4 is 5.32 Å². The van der Waals surface area contributed by atoms with Crippen LogP contribution >= 0.6 is 0 Å². The van der Waals surface area contributed by atoms with Crippen LogP contribution in [0.5, 0.6) is 0 Å². The van der Waals surface area contributed by atoms with Crippen molar-refractivity contribution in [2.45, 2.75) is 191 Å². The van der Waals surface area contributed by atoms with Crippen LogP contribution in [0.15, 0.2) is 54.1 Å². The topological polar surface area (TPSA) is 166 Å². The van der Waals surface area contributed by atoms with Crippen molar-refractivity contribution in [3.05, 3.63) is 76.4 Å². The largest absolute Gasteiger partial charge is 0.460 e. The fourth-order valence-corrected chi connectivity index (χ4v) is 13.9. The van der Waals surface area contributed by atoms with E-state index in [1.807, 2.05) is 24.3 Å². The van der Waals surface area contributed by atoms with E-state index in [1.165, 1.54) is 18.4 Å². The first-order valence-corrected chi connectivity index (χ1v) is 25.4. The summed E-state index contributed by atoms with van der Waals surface area (Å²) < 4.78 is 31.9. The lowest BCUT2D eigenvalue weighted by Gasteiger charge is -2.53. The molecule has 366 valence electrons. The third-order valence-corrected chi connectivity index (χ3v) is 17.2. The number of allylic oxidation sites excluding steroid dienone is 1. The fourth-order valence-electron chi connectivity index (χ4n) is 13.9. The second-order valence-corrected chi connectivity index (χ2v) is 23.5. The van der Waals surface area contributed by atoms with Crippen LogP contribution in [-0.2, 0) is 67.1 Å². The van der Waals surface area contributed by atoms with Crippen LogP contribution in [0.25, 0.3) is 6.08 Å². The van der Waals surface area contributed by atoms with Gasteiger partial charge in [-0.2, -0.15) is 5.06 Å². The van der Waals surface area contributed by atoms with Crippen molar-refractivity contribution >= 4 is 29.8 Å². The minimum Gasteiger partial charge on any atom is -0.460 e. The van der Waals surface area contributed by atoms with Crippen molar-refractivity contribution in [3.8, 4) is 0 Å². The second kappa shape index (κ2) is 16.7. The molecule has 0 radical (unpaired) electrons. The number of likely N-dealkylation sites (tertiary alicyclic amines) is 1. The van der Waals surface area contributed by atoms with Gasteiger partial charge in [-0.1, -0.05) is 74.0 Å². The highest BCUT2D eigenvalue weighted by molar-refractivity contribution is 5.96. The molecule has 2 amide bonds. The lowest BCUT2D eigenvalue weighted by molar-refractivity contribution is -0.218. The molecule has 68 heavy (non-hydrogen) atoms. The minimum atomic E-state index is -1.46.